The van der Waals surface area contributed by atoms with E-state index >= 15 is 0 Å². The molecule has 5 heteroatoms. The normalized spacial score (nSPS) is 21.9. The highest BCUT2D eigenvalue weighted by atomic mass is 16.5. The van der Waals surface area contributed by atoms with E-state index in [2.05, 4.69) is 15.2 Å². The zero-order valence-corrected chi connectivity index (χ0v) is 11.9. The van der Waals surface area contributed by atoms with Crippen LogP contribution >= 0.6 is 0 Å². The number of piperidine rings is 1. The predicted octanol–water partition coefficient (Wildman–Crippen LogP) is 1.19. The Labute approximate surface area is 119 Å². The zero-order valence-electron chi connectivity index (χ0n) is 11.9. The standard InChI is InChI=1S/C15H21N3O2/c1-20-14-4-2-3-12(17-14)10-18-7-5-15(6-8-18)9-13(19)16-11-15/h2-4H,5-11H2,1H3,(H,16,19). The second-order valence-corrected chi connectivity index (χ2v) is 5.90. The molecule has 5 nitrogen and oxygen atoms in total. The number of nitrogens with one attached hydrogen (secondary N) is 1. The largest absolute Gasteiger partial charge is 0.481 e. The fraction of sp³-hybridized carbons (Fsp3) is 0.600. The van der Waals surface area contributed by atoms with Crippen molar-refractivity contribution in [3.63, 3.8) is 0 Å². The minimum Gasteiger partial charge on any atom is -0.481 e. The van der Waals surface area contributed by atoms with Crippen LogP contribution in [0.2, 0.25) is 0 Å². The van der Waals surface area contributed by atoms with Gasteiger partial charge in [0.2, 0.25) is 11.8 Å². The second-order valence-electron chi connectivity index (χ2n) is 5.90. The third-order valence-corrected chi connectivity index (χ3v) is 4.49. The molecular weight excluding hydrogens is 254 g/mol. The van der Waals surface area contributed by atoms with Crippen LogP contribution in [0, 0.1) is 5.41 Å². The molecule has 1 N–H and O–H groups in total. The molecule has 0 unspecified atom stereocenters. The number of hydrogen-bond acceptors (Lipinski definition) is 4. The van der Waals surface area contributed by atoms with Crippen LogP contribution in [0.1, 0.15) is 25.0 Å². The summed E-state index contributed by atoms with van der Waals surface area (Å²) in [6.45, 7) is 3.79. The van der Waals surface area contributed by atoms with E-state index in [-0.39, 0.29) is 11.3 Å². The molecule has 0 radical (unpaired) electrons. The number of rotatable bonds is 3. The van der Waals surface area contributed by atoms with Gasteiger partial charge < -0.3 is 10.1 Å². The molecule has 0 aliphatic carbocycles. The highest BCUT2D eigenvalue weighted by Crippen LogP contribution is 2.37. The molecular formula is C15H21N3O2. The molecule has 2 saturated heterocycles. The molecule has 1 aromatic heterocycles. The molecule has 3 rings (SSSR count). The van der Waals surface area contributed by atoms with E-state index in [0.717, 1.165) is 44.7 Å². The van der Waals surface area contributed by atoms with Gasteiger partial charge in [0, 0.05) is 25.6 Å². The average molecular weight is 275 g/mol. The van der Waals surface area contributed by atoms with Gasteiger partial charge in [-0.25, -0.2) is 4.98 Å². The molecule has 1 aromatic rings. The fourth-order valence-corrected chi connectivity index (χ4v) is 3.18. The Morgan fingerprint density at radius 3 is 2.85 bits per heavy atom. The average Bonchev–Trinajstić information content (AvgIpc) is 2.83. The number of likely N-dealkylation sites (tertiary alicyclic amines) is 1. The molecule has 0 atom stereocenters. The summed E-state index contributed by atoms with van der Waals surface area (Å²) < 4.78 is 5.16. The number of carbonyl (C=O) groups is 1. The van der Waals surface area contributed by atoms with E-state index < -0.39 is 0 Å². The minimum absolute atomic E-state index is 0.216. The van der Waals surface area contributed by atoms with E-state index in [1.165, 1.54) is 0 Å². The van der Waals surface area contributed by atoms with Crippen molar-refractivity contribution in [3.8, 4) is 5.88 Å². The number of pyridine rings is 1. The first kappa shape index (κ1) is 13.4. The van der Waals surface area contributed by atoms with Gasteiger partial charge in [-0.05, 0) is 37.4 Å². The summed E-state index contributed by atoms with van der Waals surface area (Å²) in [4.78, 5) is 18.3. The number of carbonyl (C=O) groups excluding carboxylic acids is 1. The predicted molar refractivity (Wildman–Crippen MR) is 75.4 cm³/mol. The molecule has 108 valence electrons. The summed E-state index contributed by atoms with van der Waals surface area (Å²) >= 11 is 0. The first-order valence-corrected chi connectivity index (χ1v) is 7.18. The van der Waals surface area contributed by atoms with Crippen molar-refractivity contribution in [3.05, 3.63) is 23.9 Å². The summed E-state index contributed by atoms with van der Waals surface area (Å²) in [5.41, 5.74) is 1.26. The van der Waals surface area contributed by atoms with Crippen LogP contribution in [-0.2, 0) is 11.3 Å². The van der Waals surface area contributed by atoms with Crippen LogP contribution in [0.3, 0.4) is 0 Å². The van der Waals surface area contributed by atoms with Gasteiger partial charge in [0.1, 0.15) is 0 Å². The van der Waals surface area contributed by atoms with Crippen LogP contribution in [0.15, 0.2) is 18.2 Å². The van der Waals surface area contributed by atoms with Gasteiger partial charge in [0.15, 0.2) is 0 Å². The lowest BCUT2D eigenvalue weighted by Crippen LogP contribution is -2.40. The summed E-state index contributed by atoms with van der Waals surface area (Å²) in [7, 11) is 1.64. The van der Waals surface area contributed by atoms with Crippen LogP contribution < -0.4 is 10.1 Å². The highest BCUT2D eigenvalue weighted by Gasteiger charge is 2.40. The van der Waals surface area contributed by atoms with Gasteiger partial charge >= 0.3 is 0 Å². The van der Waals surface area contributed by atoms with Crippen molar-refractivity contribution in [2.24, 2.45) is 5.41 Å². The Morgan fingerprint density at radius 1 is 1.40 bits per heavy atom. The van der Waals surface area contributed by atoms with E-state index in [1.807, 2.05) is 18.2 Å². The first-order chi connectivity index (χ1) is 9.69. The van der Waals surface area contributed by atoms with Crippen molar-refractivity contribution in [2.75, 3.05) is 26.7 Å². The van der Waals surface area contributed by atoms with Gasteiger partial charge in [0.25, 0.3) is 0 Å². The molecule has 2 aliphatic rings. The third-order valence-electron chi connectivity index (χ3n) is 4.49. The van der Waals surface area contributed by atoms with E-state index in [9.17, 15) is 4.79 Å². The van der Waals surface area contributed by atoms with Crippen LogP contribution in [0.4, 0.5) is 0 Å². The molecule has 1 amide bonds. The van der Waals surface area contributed by atoms with Crippen molar-refractivity contribution in [2.45, 2.75) is 25.8 Å². The fourth-order valence-electron chi connectivity index (χ4n) is 3.18. The van der Waals surface area contributed by atoms with Crippen LogP contribution in [-0.4, -0.2) is 42.5 Å². The van der Waals surface area contributed by atoms with E-state index in [1.54, 1.807) is 7.11 Å². The summed E-state index contributed by atoms with van der Waals surface area (Å²) in [5, 5.41) is 2.97. The molecule has 0 bridgehead atoms. The van der Waals surface area contributed by atoms with E-state index in [0.29, 0.717) is 12.3 Å². The Bertz CT molecular complexity index is 496. The molecule has 2 fully saturated rings. The van der Waals surface area contributed by atoms with Crippen LogP contribution in [0.5, 0.6) is 5.88 Å². The second kappa shape index (κ2) is 5.40. The van der Waals surface area contributed by atoms with Crippen molar-refractivity contribution >= 4 is 5.91 Å². The number of methoxy groups -OCH3 is 1. The summed E-state index contributed by atoms with van der Waals surface area (Å²) in [6.07, 6.45) is 2.89. The van der Waals surface area contributed by atoms with Gasteiger partial charge in [-0.3, -0.25) is 9.69 Å². The number of hydrogen-bond donors (Lipinski definition) is 1. The summed E-state index contributed by atoms with van der Waals surface area (Å²) in [5.74, 6) is 0.884. The highest BCUT2D eigenvalue weighted by molar-refractivity contribution is 5.79. The zero-order chi connectivity index (χ0) is 14.0. The maximum atomic E-state index is 11.4. The Hall–Kier alpha value is -1.62. The van der Waals surface area contributed by atoms with Crippen molar-refractivity contribution in [1.82, 2.24) is 15.2 Å². The molecule has 0 aromatic carbocycles. The van der Waals surface area contributed by atoms with Crippen molar-refractivity contribution in [1.29, 1.82) is 0 Å². The molecule has 3 heterocycles. The molecule has 1 spiro atoms. The lowest BCUT2D eigenvalue weighted by Gasteiger charge is -2.38. The molecule has 0 saturated carbocycles. The number of aromatic nitrogens is 1. The number of amides is 1. The Kier molecular flexibility index (Phi) is 3.61. The summed E-state index contributed by atoms with van der Waals surface area (Å²) in [6, 6.07) is 5.88. The van der Waals surface area contributed by atoms with Gasteiger partial charge in [-0.2, -0.15) is 0 Å². The van der Waals surface area contributed by atoms with Gasteiger partial charge in [0.05, 0.1) is 12.8 Å². The lowest BCUT2D eigenvalue weighted by atomic mass is 9.77. The lowest BCUT2D eigenvalue weighted by molar-refractivity contribution is -0.119. The number of ether oxygens (including phenoxy) is 1. The van der Waals surface area contributed by atoms with Crippen LogP contribution in [0.25, 0.3) is 0 Å². The maximum Gasteiger partial charge on any atom is 0.220 e. The van der Waals surface area contributed by atoms with E-state index in [4.69, 9.17) is 4.74 Å². The first-order valence-electron chi connectivity index (χ1n) is 7.18. The Balaban J connectivity index is 1.57. The smallest absolute Gasteiger partial charge is 0.220 e. The van der Waals surface area contributed by atoms with Crippen molar-refractivity contribution < 1.29 is 9.53 Å². The topological polar surface area (TPSA) is 54.5 Å². The minimum atomic E-state index is 0.216. The monoisotopic (exact) mass is 275 g/mol. The van der Waals surface area contributed by atoms with Gasteiger partial charge in [-0.1, -0.05) is 6.07 Å². The van der Waals surface area contributed by atoms with Gasteiger partial charge in [-0.15, -0.1) is 0 Å². The maximum absolute atomic E-state index is 11.4. The molecule has 2 aliphatic heterocycles. The quantitative estimate of drug-likeness (QED) is 0.900. The Morgan fingerprint density at radius 2 is 2.20 bits per heavy atom. The SMILES string of the molecule is COc1cccc(CN2CCC3(CC2)CNC(=O)C3)n1. The third kappa shape index (κ3) is 2.77. The molecule has 20 heavy (non-hydrogen) atoms. The number of nitrogens with zero attached hydrogens (tertiary/aromatic N) is 2.